The number of anilines is 2. The summed E-state index contributed by atoms with van der Waals surface area (Å²) in [6.45, 7) is 0. The van der Waals surface area contributed by atoms with Gasteiger partial charge in [-0.3, -0.25) is 0 Å². The summed E-state index contributed by atoms with van der Waals surface area (Å²) < 4.78 is 10.1. The van der Waals surface area contributed by atoms with Gasteiger partial charge < -0.3 is 20.1 Å². The average Bonchev–Trinajstić information content (AvgIpc) is 2.98. The molecule has 1 aliphatic carbocycles. The summed E-state index contributed by atoms with van der Waals surface area (Å²) in [7, 11) is 2.96. The van der Waals surface area contributed by atoms with E-state index in [0.717, 1.165) is 41.9 Å². The first-order valence-electron chi connectivity index (χ1n) is 8.18. The lowest BCUT2D eigenvalue weighted by molar-refractivity contribution is 0.0601. The molecular weight excluding hydrogens is 392 g/mol. The molecule has 2 aromatic rings. The highest BCUT2D eigenvalue weighted by Gasteiger charge is 2.26. The van der Waals surface area contributed by atoms with Gasteiger partial charge in [0.15, 0.2) is 5.11 Å². The maximum absolute atomic E-state index is 12.3. The number of aryl methyl sites for hydroxylation is 1. The van der Waals surface area contributed by atoms with E-state index in [0.29, 0.717) is 21.4 Å². The van der Waals surface area contributed by atoms with Gasteiger partial charge >= 0.3 is 5.97 Å². The van der Waals surface area contributed by atoms with Gasteiger partial charge in [-0.1, -0.05) is 11.6 Å². The van der Waals surface area contributed by atoms with Crippen LogP contribution in [0.3, 0.4) is 0 Å². The number of thiocarbonyl (C=S) groups is 1. The summed E-state index contributed by atoms with van der Waals surface area (Å²) in [4.78, 5) is 13.5. The normalized spacial score (nSPS) is 12.9. The Labute approximate surface area is 166 Å². The zero-order chi connectivity index (χ0) is 18.7. The third-order valence-electron chi connectivity index (χ3n) is 4.20. The molecule has 0 radical (unpaired) electrons. The number of nitrogens with one attached hydrogen (secondary N) is 2. The molecule has 1 aliphatic rings. The second-order valence-corrected chi connectivity index (χ2v) is 7.76. The number of hydrogen-bond acceptors (Lipinski definition) is 5. The van der Waals surface area contributed by atoms with Crippen molar-refractivity contribution in [3.8, 4) is 5.75 Å². The Morgan fingerprint density at radius 2 is 2.00 bits per heavy atom. The molecule has 1 heterocycles. The van der Waals surface area contributed by atoms with Gasteiger partial charge in [0.2, 0.25) is 0 Å². The number of benzene rings is 1. The Hall–Kier alpha value is -1.83. The molecule has 0 amide bonds. The molecule has 2 N–H and O–H groups in total. The van der Waals surface area contributed by atoms with Gasteiger partial charge in [-0.2, -0.15) is 0 Å². The van der Waals surface area contributed by atoms with Gasteiger partial charge in [0.25, 0.3) is 0 Å². The quantitative estimate of drug-likeness (QED) is 0.553. The van der Waals surface area contributed by atoms with E-state index in [1.807, 2.05) is 6.07 Å². The highest BCUT2D eigenvalue weighted by molar-refractivity contribution is 7.80. The highest BCUT2D eigenvalue weighted by Crippen LogP contribution is 2.38. The molecule has 3 rings (SSSR count). The van der Waals surface area contributed by atoms with Crippen LogP contribution in [0, 0.1) is 0 Å². The zero-order valence-corrected chi connectivity index (χ0v) is 16.9. The van der Waals surface area contributed by atoms with E-state index >= 15 is 0 Å². The van der Waals surface area contributed by atoms with Crippen LogP contribution in [0.1, 0.15) is 33.6 Å². The summed E-state index contributed by atoms with van der Waals surface area (Å²) in [6, 6.07) is 5.31. The fourth-order valence-corrected chi connectivity index (χ4v) is 4.81. The minimum absolute atomic E-state index is 0.331. The van der Waals surface area contributed by atoms with Crippen LogP contribution in [0.15, 0.2) is 18.2 Å². The molecule has 138 valence electrons. The largest absolute Gasteiger partial charge is 0.495 e. The first kappa shape index (κ1) is 18.9. The molecule has 0 aliphatic heterocycles. The van der Waals surface area contributed by atoms with E-state index in [2.05, 4.69) is 10.6 Å². The molecule has 1 aromatic heterocycles. The Balaban J connectivity index is 1.80. The van der Waals surface area contributed by atoms with E-state index < -0.39 is 0 Å². The van der Waals surface area contributed by atoms with Crippen LogP contribution in [-0.4, -0.2) is 25.3 Å². The molecule has 0 saturated heterocycles. The lowest BCUT2D eigenvalue weighted by atomic mass is 9.95. The van der Waals surface area contributed by atoms with Crippen molar-refractivity contribution in [3.63, 3.8) is 0 Å². The van der Waals surface area contributed by atoms with Gasteiger partial charge in [-0.15, -0.1) is 11.3 Å². The molecule has 1 aromatic carbocycles. The molecular formula is C18H19ClN2O3S2. The number of thiophene rings is 1. The van der Waals surface area contributed by atoms with Crippen LogP contribution >= 0.6 is 35.2 Å². The zero-order valence-electron chi connectivity index (χ0n) is 14.5. The molecule has 0 atom stereocenters. The van der Waals surface area contributed by atoms with Gasteiger partial charge in [-0.25, -0.2) is 4.79 Å². The number of carbonyl (C=O) groups is 1. The Morgan fingerprint density at radius 1 is 1.23 bits per heavy atom. The Morgan fingerprint density at radius 3 is 2.69 bits per heavy atom. The van der Waals surface area contributed by atoms with E-state index in [-0.39, 0.29) is 5.97 Å². The molecule has 0 unspecified atom stereocenters. The highest BCUT2D eigenvalue weighted by atomic mass is 35.5. The average molecular weight is 411 g/mol. The van der Waals surface area contributed by atoms with Crippen molar-refractivity contribution < 1.29 is 14.3 Å². The van der Waals surface area contributed by atoms with Crippen molar-refractivity contribution >= 4 is 56.9 Å². The molecule has 0 saturated carbocycles. The number of hydrogen-bond donors (Lipinski definition) is 2. The van der Waals surface area contributed by atoms with Crippen molar-refractivity contribution in [1.29, 1.82) is 0 Å². The van der Waals surface area contributed by atoms with E-state index in [1.54, 1.807) is 30.6 Å². The van der Waals surface area contributed by atoms with E-state index in [4.69, 9.17) is 33.3 Å². The first-order valence-corrected chi connectivity index (χ1v) is 9.78. The Kier molecular flexibility index (Phi) is 6.01. The lowest BCUT2D eigenvalue weighted by Crippen LogP contribution is -2.20. The minimum atomic E-state index is -0.331. The fraction of sp³-hybridized carbons (Fsp3) is 0.333. The monoisotopic (exact) mass is 410 g/mol. The van der Waals surface area contributed by atoms with Gasteiger partial charge in [-0.05, 0) is 61.7 Å². The fourth-order valence-electron chi connectivity index (χ4n) is 2.98. The third kappa shape index (κ3) is 3.95. The summed E-state index contributed by atoms with van der Waals surface area (Å²) in [6.07, 6.45) is 4.10. The number of esters is 1. The number of carbonyl (C=O) groups excluding carboxylic acids is 1. The number of rotatable bonds is 4. The van der Waals surface area contributed by atoms with Gasteiger partial charge in [0.1, 0.15) is 10.8 Å². The second kappa shape index (κ2) is 8.24. The molecule has 26 heavy (non-hydrogen) atoms. The van der Waals surface area contributed by atoms with Crippen molar-refractivity contribution in [2.24, 2.45) is 0 Å². The van der Waals surface area contributed by atoms with Crippen molar-refractivity contribution in [3.05, 3.63) is 39.2 Å². The summed E-state index contributed by atoms with van der Waals surface area (Å²) in [5.41, 5.74) is 2.42. The molecule has 0 fully saturated rings. The van der Waals surface area contributed by atoms with E-state index in [1.165, 1.54) is 12.0 Å². The smallest absolute Gasteiger partial charge is 0.341 e. The number of halogens is 1. The van der Waals surface area contributed by atoms with Crippen LogP contribution in [0.2, 0.25) is 5.02 Å². The third-order valence-corrected chi connectivity index (χ3v) is 5.90. The van der Waals surface area contributed by atoms with Crippen molar-refractivity contribution in [2.45, 2.75) is 25.7 Å². The Bertz CT molecular complexity index is 851. The van der Waals surface area contributed by atoms with Crippen molar-refractivity contribution in [1.82, 2.24) is 0 Å². The molecule has 8 heteroatoms. The molecule has 5 nitrogen and oxygen atoms in total. The maximum Gasteiger partial charge on any atom is 0.341 e. The molecule has 0 bridgehead atoms. The summed E-state index contributed by atoms with van der Waals surface area (Å²) in [5.74, 6) is 0.261. The van der Waals surface area contributed by atoms with Gasteiger partial charge in [0, 0.05) is 10.6 Å². The van der Waals surface area contributed by atoms with E-state index in [9.17, 15) is 4.79 Å². The van der Waals surface area contributed by atoms with Crippen LogP contribution in [0.25, 0.3) is 0 Å². The topological polar surface area (TPSA) is 59.6 Å². The number of methoxy groups -OCH3 is 2. The second-order valence-electron chi connectivity index (χ2n) is 5.84. The van der Waals surface area contributed by atoms with Crippen LogP contribution in [-0.2, 0) is 17.6 Å². The SMILES string of the molecule is COC(=O)c1c(NC(=S)Nc2ccc(OC)c(Cl)c2)sc2c1CCCC2. The standard InChI is InChI=1S/C18H19ClN2O3S2/c1-23-13-8-7-10(9-12(13)19)20-18(25)21-16-15(17(22)24-2)11-5-3-4-6-14(11)26-16/h7-9H,3-6H2,1-2H3,(H2,20,21,25). The van der Waals surface area contributed by atoms with Crippen LogP contribution < -0.4 is 15.4 Å². The minimum Gasteiger partial charge on any atom is -0.495 e. The predicted molar refractivity (Wildman–Crippen MR) is 110 cm³/mol. The summed E-state index contributed by atoms with van der Waals surface area (Å²) >= 11 is 13.1. The number of ether oxygens (including phenoxy) is 2. The lowest BCUT2D eigenvalue weighted by Gasteiger charge is -2.13. The van der Waals surface area contributed by atoms with Gasteiger partial charge in [0.05, 0.1) is 24.8 Å². The number of fused-ring (bicyclic) bond motifs is 1. The molecule has 0 spiro atoms. The van der Waals surface area contributed by atoms with Crippen LogP contribution in [0.4, 0.5) is 10.7 Å². The first-order chi connectivity index (χ1) is 12.5. The predicted octanol–water partition coefficient (Wildman–Crippen LogP) is 4.88. The van der Waals surface area contributed by atoms with Crippen molar-refractivity contribution in [2.75, 3.05) is 24.9 Å². The summed E-state index contributed by atoms with van der Waals surface area (Å²) in [5, 5.41) is 7.82. The van der Waals surface area contributed by atoms with Crippen LogP contribution in [0.5, 0.6) is 5.75 Å². The maximum atomic E-state index is 12.3.